The van der Waals surface area contributed by atoms with E-state index in [1.807, 2.05) is 12.1 Å². The maximum absolute atomic E-state index is 6.06. The minimum atomic E-state index is 0.563. The van der Waals surface area contributed by atoms with Gasteiger partial charge in [0, 0.05) is 4.83 Å². The van der Waals surface area contributed by atoms with E-state index in [9.17, 15) is 0 Å². The predicted molar refractivity (Wildman–Crippen MR) is 84.1 cm³/mol. The number of hydrogen-bond donors (Lipinski definition) is 0. The van der Waals surface area contributed by atoms with Crippen LogP contribution in [0.3, 0.4) is 0 Å². The molecule has 0 spiro atoms. The lowest BCUT2D eigenvalue weighted by atomic mass is 9.93. The maximum Gasteiger partial charge on any atom is 0.0595 e. The SMILES string of the molecule is Clc1ccc(CC(Br)C2CCCCCC2)cc1Cl. The lowest BCUT2D eigenvalue weighted by molar-refractivity contribution is 0.445. The van der Waals surface area contributed by atoms with Crippen molar-refractivity contribution in [1.29, 1.82) is 0 Å². The molecule has 1 aromatic rings. The Hall–Kier alpha value is 0.280. The molecule has 0 aliphatic heterocycles. The lowest BCUT2D eigenvalue weighted by Crippen LogP contribution is -2.16. The molecule has 0 radical (unpaired) electrons. The van der Waals surface area contributed by atoms with Crippen molar-refractivity contribution in [1.82, 2.24) is 0 Å². The highest BCUT2D eigenvalue weighted by Crippen LogP contribution is 2.32. The van der Waals surface area contributed by atoms with Crippen molar-refractivity contribution < 1.29 is 0 Å². The van der Waals surface area contributed by atoms with Gasteiger partial charge in [0.05, 0.1) is 10.0 Å². The quantitative estimate of drug-likeness (QED) is 0.445. The summed E-state index contributed by atoms with van der Waals surface area (Å²) in [6, 6.07) is 5.97. The molecule has 1 saturated carbocycles. The summed E-state index contributed by atoms with van der Waals surface area (Å²) in [7, 11) is 0. The molecule has 3 heteroatoms. The fourth-order valence-corrected chi connectivity index (χ4v) is 3.95. The summed E-state index contributed by atoms with van der Waals surface area (Å²) in [6.07, 6.45) is 9.34. The van der Waals surface area contributed by atoms with E-state index in [2.05, 4.69) is 22.0 Å². The van der Waals surface area contributed by atoms with Crippen molar-refractivity contribution >= 4 is 39.1 Å². The van der Waals surface area contributed by atoms with Gasteiger partial charge in [0.25, 0.3) is 0 Å². The van der Waals surface area contributed by atoms with Crippen LogP contribution in [-0.2, 0) is 6.42 Å². The van der Waals surface area contributed by atoms with Crippen molar-refractivity contribution in [3.8, 4) is 0 Å². The molecule has 0 N–H and O–H groups in total. The number of halogens is 3. The average Bonchev–Trinajstić information content (AvgIpc) is 2.62. The van der Waals surface area contributed by atoms with Gasteiger partial charge in [-0.3, -0.25) is 0 Å². The van der Waals surface area contributed by atoms with Gasteiger partial charge in [-0.15, -0.1) is 0 Å². The van der Waals surface area contributed by atoms with Crippen LogP contribution in [0.1, 0.15) is 44.1 Å². The van der Waals surface area contributed by atoms with E-state index in [1.165, 1.54) is 44.1 Å². The largest absolute Gasteiger partial charge is 0.0884 e. The fraction of sp³-hybridized carbons (Fsp3) is 0.600. The third-order valence-corrected chi connectivity index (χ3v) is 5.64. The van der Waals surface area contributed by atoms with Crippen molar-refractivity contribution in [2.24, 2.45) is 5.92 Å². The number of rotatable bonds is 3. The van der Waals surface area contributed by atoms with Gasteiger partial charge < -0.3 is 0 Å². The van der Waals surface area contributed by atoms with Gasteiger partial charge in [0.15, 0.2) is 0 Å². The molecule has 1 fully saturated rings. The van der Waals surface area contributed by atoms with Crippen LogP contribution >= 0.6 is 39.1 Å². The number of hydrogen-bond acceptors (Lipinski definition) is 0. The Morgan fingerprint density at radius 1 is 1.06 bits per heavy atom. The highest BCUT2D eigenvalue weighted by atomic mass is 79.9. The Kier molecular flexibility index (Phi) is 5.85. The average molecular weight is 350 g/mol. The van der Waals surface area contributed by atoms with E-state index in [-0.39, 0.29) is 0 Å². The van der Waals surface area contributed by atoms with Crippen molar-refractivity contribution in [2.75, 3.05) is 0 Å². The van der Waals surface area contributed by atoms with Crippen LogP contribution in [0.15, 0.2) is 18.2 Å². The summed E-state index contributed by atoms with van der Waals surface area (Å²) in [5, 5.41) is 1.30. The fourth-order valence-electron chi connectivity index (χ4n) is 2.73. The molecule has 0 aromatic heterocycles. The Morgan fingerprint density at radius 2 is 1.72 bits per heavy atom. The molecule has 0 heterocycles. The molecule has 100 valence electrons. The summed E-state index contributed by atoms with van der Waals surface area (Å²) in [6.45, 7) is 0. The summed E-state index contributed by atoms with van der Waals surface area (Å²) >= 11 is 15.9. The highest BCUT2D eigenvalue weighted by molar-refractivity contribution is 9.09. The number of alkyl halides is 1. The van der Waals surface area contributed by atoms with E-state index in [0.29, 0.717) is 14.9 Å². The Bertz CT molecular complexity index is 384. The van der Waals surface area contributed by atoms with Crippen molar-refractivity contribution in [2.45, 2.75) is 49.8 Å². The second-order valence-corrected chi connectivity index (χ2v) is 7.21. The standard InChI is InChI=1S/C15H19BrCl2/c16-13(12-5-3-1-2-4-6-12)9-11-7-8-14(17)15(18)10-11/h7-8,10,12-13H,1-6,9H2. The Morgan fingerprint density at radius 3 is 2.33 bits per heavy atom. The van der Waals surface area contributed by atoms with E-state index in [1.54, 1.807) is 0 Å². The summed E-state index contributed by atoms with van der Waals surface area (Å²) in [5.74, 6) is 0.807. The van der Waals surface area contributed by atoms with E-state index in [0.717, 1.165) is 12.3 Å². The zero-order valence-corrected chi connectivity index (χ0v) is 13.6. The molecule has 0 amide bonds. The normalized spacial score (nSPS) is 19.5. The van der Waals surface area contributed by atoms with Crippen LogP contribution in [0.5, 0.6) is 0 Å². The first-order valence-corrected chi connectivity index (χ1v) is 8.42. The van der Waals surface area contributed by atoms with Crippen LogP contribution < -0.4 is 0 Å². The van der Waals surface area contributed by atoms with Crippen LogP contribution in [0.25, 0.3) is 0 Å². The van der Waals surface area contributed by atoms with Crippen LogP contribution in [0, 0.1) is 5.92 Å². The lowest BCUT2D eigenvalue weighted by Gasteiger charge is -2.21. The second kappa shape index (κ2) is 7.17. The van der Waals surface area contributed by atoms with Crippen molar-refractivity contribution in [3.63, 3.8) is 0 Å². The zero-order valence-electron chi connectivity index (χ0n) is 10.5. The molecule has 1 atom stereocenters. The first-order chi connectivity index (χ1) is 8.66. The van der Waals surface area contributed by atoms with E-state index < -0.39 is 0 Å². The molecule has 2 rings (SSSR count). The molecule has 0 bridgehead atoms. The molecule has 1 aliphatic rings. The third-order valence-electron chi connectivity index (χ3n) is 3.83. The first-order valence-electron chi connectivity index (χ1n) is 6.75. The smallest absolute Gasteiger partial charge is 0.0595 e. The van der Waals surface area contributed by atoms with Crippen LogP contribution in [0.2, 0.25) is 10.0 Å². The number of benzene rings is 1. The molecular weight excluding hydrogens is 331 g/mol. The minimum absolute atomic E-state index is 0.563. The van der Waals surface area contributed by atoms with Gasteiger partial charge in [-0.2, -0.15) is 0 Å². The van der Waals surface area contributed by atoms with Gasteiger partial charge in [0.1, 0.15) is 0 Å². The van der Waals surface area contributed by atoms with E-state index >= 15 is 0 Å². The zero-order chi connectivity index (χ0) is 13.0. The van der Waals surface area contributed by atoms with Gasteiger partial charge >= 0.3 is 0 Å². The molecule has 1 aromatic carbocycles. The van der Waals surface area contributed by atoms with Crippen molar-refractivity contribution in [3.05, 3.63) is 33.8 Å². The van der Waals surface area contributed by atoms with Crippen LogP contribution in [-0.4, -0.2) is 4.83 Å². The topological polar surface area (TPSA) is 0 Å². The summed E-state index contributed by atoms with van der Waals surface area (Å²) < 4.78 is 0. The maximum atomic E-state index is 6.06. The molecule has 1 aliphatic carbocycles. The minimum Gasteiger partial charge on any atom is -0.0884 e. The molecular formula is C15H19BrCl2. The Labute approximate surface area is 128 Å². The third kappa shape index (κ3) is 4.15. The first kappa shape index (κ1) is 14.7. The van der Waals surface area contributed by atoms with Gasteiger partial charge in [-0.25, -0.2) is 0 Å². The van der Waals surface area contributed by atoms with Crippen LogP contribution in [0.4, 0.5) is 0 Å². The Balaban J connectivity index is 1.96. The van der Waals surface area contributed by atoms with E-state index in [4.69, 9.17) is 23.2 Å². The summed E-state index contributed by atoms with van der Waals surface area (Å²) in [4.78, 5) is 0.563. The molecule has 0 nitrogen and oxygen atoms in total. The van der Waals surface area contributed by atoms with Gasteiger partial charge in [-0.1, -0.05) is 70.9 Å². The monoisotopic (exact) mass is 348 g/mol. The summed E-state index contributed by atoms with van der Waals surface area (Å²) in [5.41, 5.74) is 1.27. The second-order valence-electron chi connectivity index (χ2n) is 5.22. The molecule has 18 heavy (non-hydrogen) atoms. The van der Waals surface area contributed by atoms with Gasteiger partial charge in [0.2, 0.25) is 0 Å². The molecule has 0 saturated heterocycles. The highest BCUT2D eigenvalue weighted by Gasteiger charge is 2.20. The predicted octanol–water partition coefficient (Wildman–Crippen LogP) is 6.27. The van der Waals surface area contributed by atoms with Gasteiger partial charge in [-0.05, 0) is 42.9 Å². The molecule has 1 unspecified atom stereocenters.